The van der Waals surface area contributed by atoms with Crippen molar-refractivity contribution in [2.75, 3.05) is 0 Å². The zero-order valence-electron chi connectivity index (χ0n) is 16.1. The van der Waals surface area contributed by atoms with Crippen LogP contribution in [0.15, 0.2) is 72.8 Å². The minimum Gasteiger partial charge on any atom is -0.426 e. The van der Waals surface area contributed by atoms with E-state index in [1.54, 1.807) is 24.3 Å². The van der Waals surface area contributed by atoms with Gasteiger partial charge in [0.05, 0.1) is 5.56 Å². The van der Waals surface area contributed by atoms with Crippen LogP contribution in [0.2, 0.25) is 0 Å². The summed E-state index contributed by atoms with van der Waals surface area (Å²) in [4.78, 5) is 23.7. The van der Waals surface area contributed by atoms with E-state index < -0.39 is 0 Å². The second-order valence-electron chi connectivity index (χ2n) is 6.88. The van der Waals surface area contributed by atoms with Gasteiger partial charge in [-0.05, 0) is 59.9 Å². The number of rotatable bonds is 4. The van der Waals surface area contributed by atoms with Crippen molar-refractivity contribution in [2.24, 2.45) is 0 Å². The molecule has 0 amide bonds. The highest BCUT2D eigenvalue weighted by molar-refractivity contribution is 5.91. The first-order valence-electron chi connectivity index (χ1n) is 9.49. The van der Waals surface area contributed by atoms with Crippen molar-refractivity contribution in [3.63, 3.8) is 0 Å². The van der Waals surface area contributed by atoms with Crippen LogP contribution >= 0.6 is 0 Å². The van der Waals surface area contributed by atoms with E-state index in [2.05, 4.69) is 6.08 Å². The lowest BCUT2D eigenvalue weighted by atomic mass is 9.88. The van der Waals surface area contributed by atoms with Crippen molar-refractivity contribution in [3.05, 3.63) is 95.1 Å². The number of carbonyl (C=O) groups is 2. The Labute approximate surface area is 169 Å². The maximum Gasteiger partial charge on any atom is 0.343 e. The SMILES string of the molecule is CC(=O)Oc1ccccc1C1=Cc2ccc(OC(=O)c3ccccc3)cc2CC1. The maximum absolute atomic E-state index is 12.3. The van der Waals surface area contributed by atoms with E-state index in [4.69, 9.17) is 9.47 Å². The van der Waals surface area contributed by atoms with Crippen LogP contribution in [0.25, 0.3) is 11.6 Å². The highest BCUT2D eigenvalue weighted by atomic mass is 16.5. The van der Waals surface area contributed by atoms with Crippen LogP contribution in [0.1, 0.15) is 40.4 Å². The number of aryl methyl sites for hydroxylation is 1. The monoisotopic (exact) mass is 384 g/mol. The van der Waals surface area contributed by atoms with Gasteiger partial charge in [0.15, 0.2) is 0 Å². The molecule has 0 unspecified atom stereocenters. The molecule has 0 aliphatic heterocycles. The lowest BCUT2D eigenvalue weighted by Gasteiger charge is -2.19. The molecule has 0 saturated heterocycles. The van der Waals surface area contributed by atoms with Crippen molar-refractivity contribution < 1.29 is 19.1 Å². The minimum absolute atomic E-state index is 0.334. The normalized spacial score (nSPS) is 12.5. The number of para-hydroxylation sites is 1. The summed E-state index contributed by atoms with van der Waals surface area (Å²) in [6, 6.07) is 22.2. The Morgan fingerprint density at radius 3 is 2.38 bits per heavy atom. The summed E-state index contributed by atoms with van der Waals surface area (Å²) in [6.45, 7) is 1.40. The van der Waals surface area contributed by atoms with Crippen LogP contribution in [0.3, 0.4) is 0 Å². The Morgan fingerprint density at radius 2 is 1.59 bits per heavy atom. The van der Waals surface area contributed by atoms with Crippen molar-refractivity contribution in [1.29, 1.82) is 0 Å². The van der Waals surface area contributed by atoms with Gasteiger partial charge in [-0.1, -0.05) is 48.5 Å². The Balaban J connectivity index is 1.58. The molecule has 3 aromatic carbocycles. The zero-order valence-corrected chi connectivity index (χ0v) is 16.1. The summed E-state index contributed by atoms with van der Waals surface area (Å²) >= 11 is 0. The first kappa shape index (κ1) is 18.7. The van der Waals surface area contributed by atoms with E-state index in [1.165, 1.54) is 6.92 Å². The Hall–Kier alpha value is -3.66. The Morgan fingerprint density at radius 1 is 0.828 bits per heavy atom. The van der Waals surface area contributed by atoms with Gasteiger partial charge in [-0.3, -0.25) is 4.79 Å². The van der Waals surface area contributed by atoms with Crippen LogP contribution < -0.4 is 9.47 Å². The van der Waals surface area contributed by atoms with Gasteiger partial charge in [0.1, 0.15) is 11.5 Å². The number of hydrogen-bond acceptors (Lipinski definition) is 4. The average molecular weight is 384 g/mol. The molecule has 3 aromatic rings. The Kier molecular flexibility index (Phi) is 5.25. The molecule has 4 rings (SSSR count). The van der Waals surface area contributed by atoms with E-state index in [0.717, 1.165) is 35.1 Å². The molecule has 4 nitrogen and oxygen atoms in total. The second-order valence-corrected chi connectivity index (χ2v) is 6.88. The number of allylic oxidation sites excluding steroid dienone is 1. The number of fused-ring (bicyclic) bond motifs is 1. The fraction of sp³-hybridized carbons (Fsp3) is 0.120. The average Bonchev–Trinajstić information content (AvgIpc) is 2.74. The van der Waals surface area contributed by atoms with Gasteiger partial charge in [-0.15, -0.1) is 0 Å². The molecule has 0 bridgehead atoms. The molecule has 0 atom stereocenters. The van der Waals surface area contributed by atoms with Gasteiger partial charge < -0.3 is 9.47 Å². The quantitative estimate of drug-likeness (QED) is 0.451. The molecular formula is C25H20O4. The highest BCUT2D eigenvalue weighted by Gasteiger charge is 2.17. The number of hydrogen-bond donors (Lipinski definition) is 0. The van der Waals surface area contributed by atoms with Gasteiger partial charge >= 0.3 is 11.9 Å². The molecule has 4 heteroatoms. The Bertz CT molecular complexity index is 1100. The van der Waals surface area contributed by atoms with Crippen LogP contribution in [0.5, 0.6) is 11.5 Å². The number of benzene rings is 3. The third-order valence-corrected chi connectivity index (χ3v) is 4.81. The van der Waals surface area contributed by atoms with Crippen molar-refractivity contribution >= 4 is 23.6 Å². The van der Waals surface area contributed by atoms with E-state index in [9.17, 15) is 9.59 Å². The first-order chi connectivity index (χ1) is 14.1. The largest absolute Gasteiger partial charge is 0.426 e. The first-order valence-corrected chi connectivity index (χ1v) is 9.49. The smallest absolute Gasteiger partial charge is 0.343 e. The second kappa shape index (κ2) is 8.15. The van der Waals surface area contributed by atoms with E-state index in [1.807, 2.05) is 48.5 Å². The standard InChI is InChI=1S/C25H20O4/c1-17(26)28-24-10-6-5-9-23(24)21-12-11-20-16-22(14-13-19(20)15-21)29-25(27)18-7-3-2-4-8-18/h2-10,13-16H,11-12H2,1H3. The van der Waals surface area contributed by atoms with E-state index >= 15 is 0 Å². The summed E-state index contributed by atoms with van der Waals surface area (Å²) < 4.78 is 10.9. The summed E-state index contributed by atoms with van der Waals surface area (Å²) in [5.41, 5.74) is 4.76. The molecule has 0 spiro atoms. The topological polar surface area (TPSA) is 52.6 Å². The molecular weight excluding hydrogens is 364 g/mol. The molecule has 1 aliphatic carbocycles. The molecule has 29 heavy (non-hydrogen) atoms. The summed E-state index contributed by atoms with van der Waals surface area (Å²) in [5.74, 6) is 0.407. The fourth-order valence-electron chi connectivity index (χ4n) is 3.46. The van der Waals surface area contributed by atoms with Crippen molar-refractivity contribution in [2.45, 2.75) is 19.8 Å². The third-order valence-electron chi connectivity index (χ3n) is 4.81. The van der Waals surface area contributed by atoms with Gasteiger partial charge in [-0.2, -0.15) is 0 Å². The molecule has 1 aliphatic rings. The van der Waals surface area contributed by atoms with Gasteiger partial charge in [0, 0.05) is 12.5 Å². The number of carbonyl (C=O) groups excluding carboxylic acids is 2. The van der Waals surface area contributed by atoms with Gasteiger partial charge in [-0.25, -0.2) is 4.79 Å². The number of esters is 2. The van der Waals surface area contributed by atoms with Crippen LogP contribution in [0, 0.1) is 0 Å². The van der Waals surface area contributed by atoms with Crippen LogP contribution in [0.4, 0.5) is 0 Å². The molecule has 0 aromatic heterocycles. The highest BCUT2D eigenvalue weighted by Crippen LogP contribution is 2.36. The predicted octanol–water partition coefficient (Wildman–Crippen LogP) is 5.32. The molecule has 0 N–H and O–H groups in total. The summed E-state index contributed by atoms with van der Waals surface area (Å²) in [5, 5.41) is 0. The molecule has 0 radical (unpaired) electrons. The van der Waals surface area contributed by atoms with Crippen LogP contribution in [-0.4, -0.2) is 11.9 Å². The van der Waals surface area contributed by atoms with E-state index in [-0.39, 0.29) is 11.9 Å². The maximum atomic E-state index is 12.3. The third kappa shape index (κ3) is 4.27. The number of ether oxygens (including phenoxy) is 2. The zero-order chi connectivity index (χ0) is 20.2. The van der Waals surface area contributed by atoms with Gasteiger partial charge in [0.25, 0.3) is 0 Å². The van der Waals surface area contributed by atoms with Crippen molar-refractivity contribution in [1.82, 2.24) is 0 Å². The molecule has 0 saturated carbocycles. The van der Waals surface area contributed by atoms with E-state index in [0.29, 0.717) is 17.1 Å². The van der Waals surface area contributed by atoms with Crippen LogP contribution in [-0.2, 0) is 11.2 Å². The summed E-state index contributed by atoms with van der Waals surface area (Å²) in [7, 11) is 0. The molecule has 0 fully saturated rings. The lowest BCUT2D eigenvalue weighted by Crippen LogP contribution is -2.09. The summed E-state index contributed by atoms with van der Waals surface area (Å²) in [6.07, 6.45) is 3.72. The van der Waals surface area contributed by atoms with Crippen molar-refractivity contribution in [3.8, 4) is 11.5 Å². The molecule has 144 valence electrons. The van der Waals surface area contributed by atoms with Gasteiger partial charge in [0.2, 0.25) is 0 Å². The predicted molar refractivity (Wildman–Crippen MR) is 112 cm³/mol. The fourth-order valence-corrected chi connectivity index (χ4v) is 3.46. The molecule has 0 heterocycles. The minimum atomic E-state index is -0.368. The lowest BCUT2D eigenvalue weighted by molar-refractivity contribution is -0.131.